The van der Waals surface area contributed by atoms with E-state index in [1.54, 1.807) is 19.1 Å². The first-order valence-corrected chi connectivity index (χ1v) is 9.34. The summed E-state index contributed by atoms with van der Waals surface area (Å²) < 4.78 is 28.3. The molecule has 1 N–H and O–H groups in total. The van der Waals surface area contributed by atoms with Gasteiger partial charge in [0.25, 0.3) is 10.0 Å². The molecule has 2 aromatic rings. The lowest BCUT2D eigenvalue weighted by atomic mass is 10.4. The molecule has 0 radical (unpaired) electrons. The number of aryl methyl sites for hydroxylation is 1. The molecule has 112 valence electrons. The summed E-state index contributed by atoms with van der Waals surface area (Å²) in [5.41, 5.74) is 0.480. The van der Waals surface area contributed by atoms with E-state index in [0.717, 1.165) is 4.47 Å². The molecule has 0 bridgehead atoms. The predicted octanol–water partition coefficient (Wildman–Crippen LogP) is 5.02. The molecule has 0 aliphatic rings. The zero-order valence-electron chi connectivity index (χ0n) is 10.5. The number of anilines is 1. The van der Waals surface area contributed by atoms with Crippen LogP contribution in [-0.4, -0.2) is 13.4 Å². The molecule has 0 fully saturated rings. The van der Waals surface area contributed by atoms with Crippen molar-refractivity contribution in [2.45, 2.75) is 11.8 Å². The molecule has 0 saturated carbocycles. The van der Waals surface area contributed by atoms with E-state index in [2.05, 4.69) is 41.6 Å². The minimum atomic E-state index is -3.82. The Balaban J connectivity index is 2.45. The minimum absolute atomic E-state index is 0.0355. The van der Waals surface area contributed by atoms with Crippen LogP contribution >= 0.6 is 55.1 Å². The lowest BCUT2D eigenvalue weighted by Gasteiger charge is -2.11. The SMILES string of the molecule is Cc1nc(NS(=O)(=O)c2ccc(Br)cc2Br)c(Cl)cc1Cl. The van der Waals surface area contributed by atoms with Crippen molar-refractivity contribution in [1.29, 1.82) is 0 Å². The molecule has 1 aromatic heterocycles. The maximum atomic E-state index is 12.4. The van der Waals surface area contributed by atoms with Crippen molar-refractivity contribution in [3.63, 3.8) is 0 Å². The molecule has 0 spiro atoms. The molecule has 0 amide bonds. The molecule has 0 saturated heterocycles. The average molecular weight is 475 g/mol. The first kappa shape index (κ1) is 17.0. The van der Waals surface area contributed by atoms with Gasteiger partial charge in [0.1, 0.15) is 4.90 Å². The summed E-state index contributed by atoms with van der Waals surface area (Å²) in [4.78, 5) is 4.13. The molecular formula is C12H8Br2Cl2N2O2S. The van der Waals surface area contributed by atoms with Gasteiger partial charge in [-0.25, -0.2) is 13.4 Å². The van der Waals surface area contributed by atoms with Gasteiger partial charge in [-0.2, -0.15) is 0 Å². The summed E-state index contributed by atoms with van der Waals surface area (Å²) in [6.07, 6.45) is 0. The molecule has 0 aliphatic carbocycles. The van der Waals surface area contributed by atoms with Gasteiger partial charge in [-0.1, -0.05) is 39.1 Å². The summed E-state index contributed by atoms with van der Waals surface area (Å²) >= 11 is 18.3. The highest BCUT2D eigenvalue weighted by Crippen LogP contribution is 2.30. The minimum Gasteiger partial charge on any atom is -0.262 e. The van der Waals surface area contributed by atoms with Gasteiger partial charge in [0, 0.05) is 8.95 Å². The van der Waals surface area contributed by atoms with E-state index in [1.807, 2.05) is 0 Å². The Morgan fingerprint density at radius 1 is 1.14 bits per heavy atom. The number of aromatic nitrogens is 1. The number of nitrogens with one attached hydrogen (secondary N) is 1. The lowest BCUT2D eigenvalue weighted by Crippen LogP contribution is -2.15. The second-order valence-corrected chi connectivity index (χ2v) is 8.30. The van der Waals surface area contributed by atoms with Gasteiger partial charge in [-0.15, -0.1) is 0 Å². The van der Waals surface area contributed by atoms with Gasteiger partial charge in [0.15, 0.2) is 5.82 Å². The number of hydrogen-bond donors (Lipinski definition) is 1. The van der Waals surface area contributed by atoms with Crippen molar-refractivity contribution < 1.29 is 8.42 Å². The number of sulfonamides is 1. The maximum absolute atomic E-state index is 12.4. The van der Waals surface area contributed by atoms with Crippen LogP contribution in [0.3, 0.4) is 0 Å². The van der Waals surface area contributed by atoms with E-state index in [-0.39, 0.29) is 15.7 Å². The second-order valence-electron chi connectivity index (χ2n) is 4.07. The van der Waals surface area contributed by atoms with Crippen LogP contribution in [-0.2, 0) is 10.0 Å². The van der Waals surface area contributed by atoms with Crippen LogP contribution in [0.2, 0.25) is 10.0 Å². The summed E-state index contributed by atoms with van der Waals surface area (Å²) in [6.45, 7) is 1.66. The number of benzene rings is 1. The van der Waals surface area contributed by atoms with Gasteiger partial charge in [0.05, 0.1) is 15.7 Å². The molecule has 21 heavy (non-hydrogen) atoms. The Labute approximate surface area is 149 Å². The van der Waals surface area contributed by atoms with E-state index in [0.29, 0.717) is 15.2 Å². The Morgan fingerprint density at radius 2 is 1.81 bits per heavy atom. The molecule has 0 atom stereocenters. The highest BCUT2D eigenvalue weighted by Gasteiger charge is 2.20. The molecule has 0 unspecified atom stereocenters. The molecule has 4 nitrogen and oxygen atoms in total. The second kappa shape index (κ2) is 6.42. The number of hydrogen-bond acceptors (Lipinski definition) is 3. The third-order valence-corrected chi connectivity index (χ3v) is 6.00. The highest BCUT2D eigenvalue weighted by molar-refractivity contribution is 9.11. The van der Waals surface area contributed by atoms with Crippen LogP contribution in [0.25, 0.3) is 0 Å². The number of halogens is 4. The number of rotatable bonds is 3. The van der Waals surface area contributed by atoms with Crippen LogP contribution in [0.1, 0.15) is 5.69 Å². The molecule has 2 rings (SSSR count). The van der Waals surface area contributed by atoms with Gasteiger partial charge in [-0.3, -0.25) is 4.72 Å². The quantitative estimate of drug-likeness (QED) is 0.679. The Hall–Kier alpha value is -0.340. The smallest absolute Gasteiger partial charge is 0.262 e. The van der Waals surface area contributed by atoms with Crippen molar-refractivity contribution in [2.24, 2.45) is 0 Å². The lowest BCUT2D eigenvalue weighted by molar-refractivity contribution is 0.600. The van der Waals surface area contributed by atoms with E-state index < -0.39 is 10.0 Å². The summed E-state index contributed by atoms with van der Waals surface area (Å²) in [7, 11) is -3.82. The first-order chi connectivity index (χ1) is 9.70. The molecule has 9 heteroatoms. The van der Waals surface area contributed by atoms with Crippen LogP contribution in [0.4, 0.5) is 5.82 Å². The van der Waals surface area contributed by atoms with Gasteiger partial charge in [0.2, 0.25) is 0 Å². The van der Waals surface area contributed by atoms with Crippen molar-refractivity contribution >= 4 is 70.9 Å². The van der Waals surface area contributed by atoms with E-state index in [4.69, 9.17) is 23.2 Å². The third-order valence-electron chi connectivity index (χ3n) is 2.52. The number of nitrogens with zero attached hydrogens (tertiary/aromatic N) is 1. The monoisotopic (exact) mass is 472 g/mol. The molecular weight excluding hydrogens is 467 g/mol. The first-order valence-electron chi connectivity index (χ1n) is 5.51. The Kier molecular flexibility index (Phi) is 5.20. The summed E-state index contributed by atoms with van der Waals surface area (Å²) in [5.74, 6) is 0.0355. The zero-order chi connectivity index (χ0) is 15.8. The zero-order valence-corrected chi connectivity index (χ0v) is 16.0. The standard InChI is InChI=1S/C12H8Br2Cl2N2O2S/c1-6-9(15)5-10(16)12(17-6)18-21(19,20)11-3-2-7(13)4-8(11)14/h2-5H,1H3,(H,17,18). The highest BCUT2D eigenvalue weighted by atomic mass is 79.9. The number of pyridine rings is 1. The van der Waals surface area contributed by atoms with Gasteiger partial charge >= 0.3 is 0 Å². The molecule has 0 aliphatic heterocycles. The Morgan fingerprint density at radius 3 is 2.43 bits per heavy atom. The maximum Gasteiger partial charge on any atom is 0.264 e. The Bertz CT molecular complexity index is 813. The van der Waals surface area contributed by atoms with Crippen LogP contribution in [0, 0.1) is 6.92 Å². The van der Waals surface area contributed by atoms with Crippen molar-refractivity contribution in [3.05, 3.63) is 49.0 Å². The fourth-order valence-electron chi connectivity index (χ4n) is 1.51. The van der Waals surface area contributed by atoms with Crippen molar-refractivity contribution in [2.75, 3.05) is 4.72 Å². The van der Waals surface area contributed by atoms with E-state index >= 15 is 0 Å². The van der Waals surface area contributed by atoms with Crippen LogP contribution in [0.5, 0.6) is 0 Å². The van der Waals surface area contributed by atoms with Crippen LogP contribution in [0.15, 0.2) is 38.1 Å². The largest absolute Gasteiger partial charge is 0.264 e. The molecule has 1 aromatic carbocycles. The topological polar surface area (TPSA) is 59.1 Å². The van der Waals surface area contributed by atoms with E-state index in [1.165, 1.54) is 12.1 Å². The molecule has 1 heterocycles. The van der Waals surface area contributed by atoms with Crippen molar-refractivity contribution in [1.82, 2.24) is 4.98 Å². The summed E-state index contributed by atoms with van der Waals surface area (Å²) in [5, 5.41) is 0.496. The fraction of sp³-hybridized carbons (Fsp3) is 0.0833. The normalized spacial score (nSPS) is 11.5. The predicted molar refractivity (Wildman–Crippen MR) is 91.6 cm³/mol. The van der Waals surface area contributed by atoms with Gasteiger partial charge in [-0.05, 0) is 47.1 Å². The van der Waals surface area contributed by atoms with E-state index in [9.17, 15) is 8.42 Å². The third kappa shape index (κ3) is 3.90. The fourth-order valence-corrected chi connectivity index (χ4v) is 4.74. The average Bonchev–Trinajstić information content (AvgIpc) is 2.35. The van der Waals surface area contributed by atoms with Gasteiger partial charge < -0.3 is 0 Å². The summed E-state index contributed by atoms with van der Waals surface area (Å²) in [6, 6.07) is 6.17. The van der Waals surface area contributed by atoms with Crippen LogP contribution < -0.4 is 4.72 Å². The van der Waals surface area contributed by atoms with Crippen molar-refractivity contribution in [3.8, 4) is 0 Å².